The number of ketones is 1. The largest absolute Gasteiger partial charge is 0.496 e. The first kappa shape index (κ1) is 11.0. The summed E-state index contributed by atoms with van der Waals surface area (Å²) in [6.07, 6.45) is 0. The number of aryl methyl sites for hydroxylation is 1. The molecule has 76 valence electrons. The van der Waals surface area contributed by atoms with E-state index in [2.05, 4.69) is 0 Å². The van der Waals surface area contributed by atoms with Gasteiger partial charge in [0, 0.05) is 0 Å². The Kier molecular flexibility index (Phi) is 3.49. The highest BCUT2D eigenvalue weighted by molar-refractivity contribution is 6.35. The summed E-state index contributed by atoms with van der Waals surface area (Å²) < 4.78 is 5.04. The summed E-state index contributed by atoms with van der Waals surface area (Å²) in [7, 11) is 1.49. The molecule has 4 heteroatoms. The monoisotopic (exact) mass is 213 g/mol. The summed E-state index contributed by atoms with van der Waals surface area (Å²) in [6, 6.07) is 3.51. The van der Waals surface area contributed by atoms with Crippen LogP contribution in [0.1, 0.15) is 15.9 Å². The van der Waals surface area contributed by atoms with E-state index in [1.165, 1.54) is 7.11 Å². The van der Waals surface area contributed by atoms with E-state index in [1.807, 2.05) is 6.92 Å². The van der Waals surface area contributed by atoms with Crippen LogP contribution in [0.3, 0.4) is 0 Å². The van der Waals surface area contributed by atoms with E-state index < -0.39 is 0 Å². The van der Waals surface area contributed by atoms with Crippen molar-refractivity contribution in [3.8, 4) is 5.75 Å². The Morgan fingerprint density at radius 2 is 2.21 bits per heavy atom. The summed E-state index contributed by atoms with van der Waals surface area (Å²) in [5, 5.41) is 0.416. The van der Waals surface area contributed by atoms with E-state index in [1.54, 1.807) is 12.1 Å². The molecule has 0 saturated carbocycles. The Labute approximate surface area is 87.8 Å². The van der Waals surface area contributed by atoms with Crippen LogP contribution < -0.4 is 10.5 Å². The third-order valence-electron chi connectivity index (χ3n) is 1.98. The second-order valence-electron chi connectivity index (χ2n) is 2.90. The van der Waals surface area contributed by atoms with Crippen molar-refractivity contribution < 1.29 is 9.53 Å². The molecular formula is C10H12ClNO2. The molecule has 0 aliphatic rings. The fourth-order valence-electron chi connectivity index (χ4n) is 1.19. The van der Waals surface area contributed by atoms with Crippen LogP contribution in [0.4, 0.5) is 0 Å². The van der Waals surface area contributed by atoms with E-state index in [9.17, 15) is 4.79 Å². The van der Waals surface area contributed by atoms with Crippen molar-refractivity contribution in [1.82, 2.24) is 0 Å². The number of hydrogen-bond donors (Lipinski definition) is 1. The Morgan fingerprint density at radius 1 is 1.57 bits per heavy atom. The van der Waals surface area contributed by atoms with Gasteiger partial charge in [-0.05, 0) is 18.6 Å². The van der Waals surface area contributed by atoms with Crippen molar-refractivity contribution in [3.05, 3.63) is 28.3 Å². The van der Waals surface area contributed by atoms with Crippen LogP contribution in [-0.4, -0.2) is 19.4 Å². The minimum atomic E-state index is -0.212. The van der Waals surface area contributed by atoms with Crippen molar-refractivity contribution in [3.63, 3.8) is 0 Å². The fraction of sp³-hybridized carbons (Fsp3) is 0.300. The van der Waals surface area contributed by atoms with Gasteiger partial charge in [-0.3, -0.25) is 4.79 Å². The molecule has 3 nitrogen and oxygen atoms in total. The number of carbonyl (C=O) groups is 1. The van der Waals surface area contributed by atoms with Gasteiger partial charge in [-0.25, -0.2) is 0 Å². The average Bonchev–Trinajstić information content (AvgIpc) is 2.20. The van der Waals surface area contributed by atoms with Crippen LogP contribution in [0.5, 0.6) is 5.75 Å². The number of Topliss-reactive ketones (excluding diaryl/α,β-unsaturated/α-hetero) is 1. The second kappa shape index (κ2) is 4.44. The maximum Gasteiger partial charge on any atom is 0.181 e. The first-order chi connectivity index (χ1) is 6.61. The minimum Gasteiger partial charge on any atom is -0.496 e. The SMILES string of the molecule is COc1ccc(C)c(Cl)c1C(=O)CN. The molecule has 0 fully saturated rings. The molecule has 0 aliphatic carbocycles. The van der Waals surface area contributed by atoms with Crippen LogP contribution in [-0.2, 0) is 0 Å². The topological polar surface area (TPSA) is 52.3 Å². The molecule has 1 aromatic carbocycles. The quantitative estimate of drug-likeness (QED) is 0.779. The Hall–Kier alpha value is -1.06. The zero-order chi connectivity index (χ0) is 10.7. The van der Waals surface area contributed by atoms with Crippen LogP contribution in [0.25, 0.3) is 0 Å². The van der Waals surface area contributed by atoms with E-state index in [4.69, 9.17) is 22.1 Å². The van der Waals surface area contributed by atoms with Gasteiger partial charge in [-0.1, -0.05) is 17.7 Å². The van der Waals surface area contributed by atoms with Gasteiger partial charge in [-0.2, -0.15) is 0 Å². The number of rotatable bonds is 3. The molecule has 2 N–H and O–H groups in total. The molecule has 0 unspecified atom stereocenters. The van der Waals surface area contributed by atoms with E-state index >= 15 is 0 Å². The fourth-order valence-corrected chi connectivity index (χ4v) is 1.46. The molecule has 14 heavy (non-hydrogen) atoms. The maximum absolute atomic E-state index is 11.5. The first-order valence-electron chi connectivity index (χ1n) is 4.18. The van der Waals surface area contributed by atoms with Crippen molar-refractivity contribution >= 4 is 17.4 Å². The zero-order valence-electron chi connectivity index (χ0n) is 8.13. The Morgan fingerprint density at radius 3 is 2.71 bits per heavy atom. The third kappa shape index (κ3) is 1.89. The predicted molar refractivity (Wildman–Crippen MR) is 56.1 cm³/mol. The standard InChI is InChI=1S/C10H12ClNO2/c1-6-3-4-8(14-2)9(10(6)11)7(13)5-12/h3-4H,5,12H2,1-2H3. The van der Waals surface area contributed by atoms with E-state index in [0.29, 0.717) is 16.3 Å². The lowest BCUT2D eigenvalue weighted by atomic mass is 10.1. The molecule has 0 aliphatic heterocycles. The molecule has 0 amide bonds. The summed E-state index contributed by atoms with van der Waals surface area (Å²) >= 11 is 5.99. The number of nitrogens with two attached hydrogens (primary N) is 1. The van der Waals surface area contributed by atoms with Gasteiger partial charge in [0.25, 0.3) is 0 Å². The van der Waals surface area contributed by atoms with Crippen LogP contribution in [0.2, 0.25) is 5.02 Å². The number of ether oxygens (including phenoxy) is 1. The highest BCUT2D eigenvalue weighted by Gasteiger charge is 2.16. The molecule has 0 radical (unpaired) electrons. The summed E-state index contributed by atoms with van der Waals surface area (Å²) in [5.74, 6) is 0.256. The second-order valence-corrected chi connectivity index (χ2v) is 3.28. The lowest BCUT2D eigenvalue weighted by Crippen LogP contribution is -2.15. The van der Waals surface area contributed by atoms with Gasteiger partial charge in [-0.15, -0.1) is 0 Å². The van der Waals surface area contributed by atoms with Gasteiger partial charge in [0.05, 0.1) is 24.2 Å². The number of methoxy groups -OCH3 is 1. The highest BCUT2D eigenvalue weighted by atomic mass is 35.5. The highest BCUT2D eigenvalue weighted by Crippen LogP contribution is 2.29. The average molecular weight is 214 g/mol. The number of halogens is 1. The number of hydrogen-bond acceptors (Lipinski definition) is 3. The van der Waals surface area contributed by atoms with Crippen molar-refractivity contribution in [1.29, 1.82) is 0 Å². The molecule has 0 aromatic heterocycles. The molecule has 0 atom stereocenters. The predicted octanol–water partition coefficient (Wildman–Crippen LogP) is 1.80. The summed E-state index contributed by atoms with van der Waals surface area (Å²) in [4.78, 5) is 11.5. The van der Waals surface area contributed by atoms with Crippen molar-refractivity contribution in [2.24, 2.45) is 5.73 Å². The lowest BCUT2D eigenvalue weighted by Gasteiger charge is -2.10. The van der Waals surface area contributed by atoms with Gasteiger partial charge in [0.15, 0.2) is 5.78 Å². The van der Waals surface area contributed by atoms with Crippen LogP contribution in [0.15, 0.2) is 12.1 Å². The number of benzene rings is 1. The Bertz CT molecular complexity index is 363. The van der Waals surface area contributed by atoms with E-state index in [0.717, 1.165) is 5.56 Å². The smallest absolute Gasteiger partial charge is 0.181 e. The summed E-state index contributed by atoms with van der Waals surface area (Å²) in [5.41, 5.74) is 6.49. The van der Waals surface area contributed by atoms with Gasteiger partial charge < -0.3 is 10.5 Å². The first-order valence-corrected chi connectivity index (χ1v) is 4.56. The molecule has 0 saturated heterocycles. The Balaban J connectivity index is 3.35. The van der Waals surface area contributed by atoms with Crippen molar-refractivity contribution in [2.75, 3.05) is 13.7 Å². The molecule has 1 rings (SSSR count). The third-order valence-corrected chi connectivity index (χ3v) is 2.47. The molecule has 0 bridgehead atoms. The van der Waals surface area contributed by atoms with Crippen LogP contribution in [0, 0.1) is 6.92 Å². The van der Waals surface area contributed by atoms with Crippen LogP contribution >= 0.6 is 11.6 Å². The lowest BCUT2D eigenvalue weighted by molar-refractivity contribution is 0.0998. The van der Waals surface area contributed by atoms with Gasteiger partial charge in [0.1, 0.15) is 5.75 Å². The maximum atomic E-state index is 11.5. The van der Waals surface area contributed by atoms with Crippen molar-refractivity contribution in [2.45, 2.75) is 6.92 Å². The molecule has 1 aromatic rings. The number of carbonyl (C=O) groups excluding carboxylic acids is 1. The molecule has 0 spiro atoms. The normalized spacial score (nSPS) is 10.0. The van der Waals surface area contributed by atoms with E-state index in [-0.39, 0.29) is 12.3 Å². The molecule has 0 heterocycles. The minimum absolute atomic E-state index is 0.0699. The summed E-state index contributed by atoms with van der Waals surface area (Å²) in [6.45, 7) is 1.76. The molecular weight excluding hydrogens is 202 g/mol. The van der Waals surface area contributed by atoms with Gasteiger partial charge in [0.2, 0.25) is 0 Å². The van der Waals surface area contributed by atoms with Gasteiger partial charge >= 0.3 is 0 Å². The zero-order valence-corrected chi connectivity index (χ0v) is 8.89.